The predicted molar refractivity (Wildman–Crippen MR) is 157 cm³/mol. The largest absolute Gasteiger partial charge is 0.493 e. The third-order valence-corrected chi connectivity index (χ3v) is 7.41. The van der Waals surface area contributed by atoms with Gasteiger partial charge >= 0.3 is 5.97 Å². The normalized spacial score (nSPS) is 14.6. The molecule has 1 unspecified atom stereocenters. The van der Waals surface area contributed by atoms with Crippen molar-refractivity contribution in [3.8, 4) is 23.0 Å². The number of para-hydroxylation sites is 1. The summed E-state index contributed by atoms with van der Waals surface area (Å²) in [6, 6.07) is 21.4. The van der Waals surface area contributed by atoms with E-state index in [9.17, 15) is 9.59 Å². The third-order valence-electron chi connectivity index (χ3n) is 6.43. The molecule has 0 fully saturated rings. The van der Waals surface area contributed by atoms with Crippen molar-refractivity contribution in [2.75, 3.05) is 20.8 Å². The highest BCUT2D eigenvalue weighted by Crippen LogP contribution is 2.36. The smallest absolute Gasteiger partial charge is 0.338 e. The summed E-state index contributed by atoms with van der Waals surface area (Å²) in [5, 5.41) is 0. The van der Waals surface area contributed by atoms with E-state index in [1.165, 1.54) is 29.1 Å². The maximum absolute atomic E-state index is 13.9. The summed E-state index contributed by atoms with van der Waals surface area (Å²) in [6.07, 6.45) is 3.28. The van der Waals surface area contributed by atoms with Crippen LogP contribution in [0.15, 0.2) is 107 Å². The summed E-state index contributed by atoms with van der Waals surface area (Å²) in [4.78, 5) is 32.3. The lowest BCUT2D eigenvalue weighted by Gasteiger charge is -2.25. The minimum atomic E-state index is -0.793. The molecular formula is C32H28N2O6S. The van der Waals surface area contributed by atoms with Gasteiger partial charge in [-0.2, -0.15) is 0 Å². The number of ether oxygens (including phenoxy) is 4. The maximum Gasteiger partial charge on any atom is 0.338 e. The highest BCUT2D eigenvalue weighted by atomic mass is 32.1. The summed E-state index contributed by atoms with van der Waals surface area (Å²) in [6.45, 7) is 5.39. The van der Waals surface area contributed by atoms with Crippen LogP contribution in [0.4, 0.5) is 0 Å². The van der Waals surface area contributed by atoms with Crippen LogP contribution in [0, 0.1) is 0 Å². The van der Waals surface area contributed by atoms with Crippen molar-refractivity contribution in [1.82, 2.24) is 4.57 Å². The molecule has 2 heterocycles. The van der Waals surface area contributed by atoms with Gasteiger partial charge in [0.25, 0.3) is 5.56 Å². The van der Waals surface area contributed by atoms with Gasteiger partial charge in [-0.1, -0.05) is 60.4 Å². The van der Waals surface area contributed by atoms with Crippen molar-refractivity contribution < 1.29 is 23.7 Å². The molecule has 0 spiro atoms. The summed E-state index contributed by atoms with van der Waals surface area (Å²) in [5.74, 6) is 1.77. The Morgan fingerprint density at radius 1 is 1.00 bits per heavy atom. The second kappa shape index (κ2) is 12.1. The number of carbonyl (C=O) groups excluding carboxylic acids is 1. The topological polar surface area (TPSA) is 88.4 Å². The fourth-order valence-corrected chi connectivity index (χ4v) is 5.62. The second-order valence-electron chi connectivity index (χ2n) is 9.07. The quantitative estimate of drug-likeness (QED) is 0.214. The molecule has 3 aromatic carbocycles. The zero-order valence-corrected chi connectivity index (χ0v) is 23.6. The first-order valence-electron chi connectivity index (χ1n) is 12.8. The third kappa shape index (κ3) is 5.71. The Kier molecular flexibility index (Phi) is 8.16. The number of esters is 1. The van der Waals surface area contributed by atoms with Gasteiger partial charge < -0.3 is 18.9 Å². The van der Waals surface area contributed by atoms with Crippen molar-refractivity contribution >= 4 is 23.4 Å². The van der Waals surface area contributed by atoms with Gasteiger partial charge in [0.05, 0.1) is 36.1 Å². The molecule has 9 heteroatoms. The van der Waals surface area contributed by atoms with E-state index in [1.807, 2.05) is 54.6 Å². The molecule has 41 heavy (non-hydrogen) atoms. The summed E-state index contributed by atoms with van der Waals surface area (Å²) >= 11 is 1.25. The van der Waals surface area contributed by atoms with E-state index >= 15 is 0 Å². The van der Waals surface area contributed by atoms with E-state index in [1.54, 1.807) is 38.3 Å². The average molecular weight is 569 g/mol. The Bertz CT molecular complexity index is 1820. The number of thiazole rings is 1. The molecule has 5 rings (SSSR count). The van der Waals surface area contributed by atoms with E-state index < -0.39 is 12.0 Å². The van der Waals surface area contributed by atoms with Gasteiger partial charge in [-0.3, -0.25) is 9.36 Å². The number of aromatic nitrogens is 1. The van der Waals surface area contributed by atoms with Crippen LogP contribution in [0.25, 0.3) is 6.08 Å². The highest BCUT2D eigenvalue weighted by molar-refractivity contribution is 7.07. The lowest BCUT2D eigenvalue weighted by atomic mass is 9.95. The Morgan fingerprint density at radius 3 is 2.49 bits per heavy atom. The van der Waals surface area contributed by atoms with Crippen LogP contribution in [-0.4, -0.2) is 31.4 Å². The van der Waals surface area contributed by atoms with E-state index in [-0.39, 0.29) is 17.7 Å². The molecular weight excluding hydrogens is 540 g/mol. The van der Waals surface area contributed by atoms with Crippen LogP contribution in [0.1, 0.15) is 24.1 Å². The zero-order valence-electron chi connectivity index (χ0n) is 22.8. The van der Waals surface area contributed by atoms with Crippen LogP contribution in [0.2, 0.25) is 0 Å². The van der Waals surface area contributed by atoms with Gasteiger partial charge in [0.15, 0.2) is 16.3 Å². The fraction of sp³-hybridized carbons (Fsp3) is 0.156. The van der Waals surface area contributed by atoms with Crippen LogP contribution in [-0.2, 0) is 9.53 Å². The van der Waals surface area contributed by atoms with Crippen LogP contribution in [0.3, 0.4) is 0 Å². The van der Waals surface area contributed by atoms with Crippen LogP contribution < -0.4 is 29.1 Å². The zero-order chi connectivity index (χ0) is 28.9. The van der Waals surface area contributed by atoms with E-state index in [0.717, 1.165) is 5.56 Å². The molecule has 1 aliphatic heterocycles. The number of allylic oxidation sites excluding steroid dienone is 1. The van der Waals surface area contributed by atoms with Crippen molar-refractivity contribution in [1.29, 1.82) is 0 Å². The summed E-state index contributed by atoms with van der Waals surface area (Å²) < 4.78 is 24.3. The molecule has 0 N–H and O–H groups in total. The Hall–Kier alpha value is -4.89. The first kappa shape index (κ1) is 27.7. The Morgan fingerprint density at radius 2 is 1.76 bits per heavy atom. The first-order chi connectivity index (χ1) is 19.9. The number of nitrogens with zero attached hydrogens (tertiary/aromatic N) is 2. The van der Waals surface area contributed by atoms with Crippen molar-refractivity contribution in [2.24, 2.45) is 4.99 Å². The lowest BCUT2D eigenvalue weighted by Crippen LogP contribution is -2.40. The van der Waals surface area contributed by atoms with Crippen molar-refractivity contribution in [2.45, 2.75) is 13.0 Å². The van der Waals surface area contributed by atoms with Crippen LogP contribution in [0.5, 0.6) is 23.0 Å². The predicted octanol–water partition coefficient (Wildman–Crippen LogP) is 4.77. The molecule has 0 aliphatic carbocycles. The maximum atomic E-state index is 13.9. The monoisotopic (exact) mass is 568 g/mol. The number of rotatable bonds is 9. The van der Waals surface area contributed by atoms with Gasteiger partial charge in [-0.05, 0) is 60.5 Å². The number of carbonyl (C=O) groups is 1. The number of methoxy groups -OCH3 is 2. The number of hydrogen-bond acceptors (Lipinski definition) is 8. The molecule has 0 amide bonds. The number of hydrogen-bond donors (Lipinski definition) is 0. The number of fused-ring (bicyclic) bond motifs is 1. The minimum absolute atomic E-state index is 0.0279. The Balaban J connectivity index is 1.63. The van der Waals surface area contributed by atoms with Crippen molar-refractivity contribution in [3.05, 3.63) is 128 Å². The van der Waals surface area contributed by atoms with Gasteiger partial charge in [-0.15, -0.1) is 0 Å². The molecule has 1 atom stereocenters. The van der Waals surface area contributed by atoms with E-state index in [0.29, 0.717) is 43.6 Å². The molecule has 1 aromatic heterocycles. The van der Waals surface area contributed by atoms with Gasteiger partial charge in [0.1, 0.15) is 18.1 Å². The fourth-order valence-electron chi connectivity index (χ4n) is 4.58. The lowest BCUT2D eigenvalue weighted by molar-refractivity contribution is -0.138. The molecule has 0 radical (unpaired) electrons. The molecule has 0 saturated carbocycles. The highest BCUT2D eigenvalue weighted by Gasteiger charge is 2.34. The average Bonchev–Trinajstić information content (AvgIpc) is 3.29. The van der Waals surface area contributed by atoms with Gasteiger partial charge in [0.2, 0.25) is 0 Å². The minimum Gasteiger partial charge on any atom is -0.493 e. The molecule has 208 valence electrons. The van der Waals surface area contributed by atoms with E-state index in [2.05, 4.69) is 11.6 Å². The molecule has 0 saturated heterocycles. The van der Waals surface area contributed by atoms with Gasteiger partial charge in [-0.25, -0.2) is 9.79 Å². The van der Waals surface area contributed by atoms with E-state index in [4.69, 9.17) is 18.9 Å². The van der Waals surface area contributed by atoms with Crippen LogP contribution >= 0.6 is 11.3 Å². The summed E-state index contributed by atoms with van der Waals surface area (Å²) in [7, 11) is 3.08. The van der Waals surface area contributed by atoms with Gasteiger partial charge in [0, 0.05) is 0 Å². The molecule has 1 aliphatic rings. The Labute approximate surface area is 240 Å². The molecule has 8 nitrogen and oxygen atoms in total. The number of benzene rings is 3. The SMILES string of the molecule is C=CCOC(=O)C1=C(C)N=c2s/c(=C/c3cccc(Oc4ccccc4)c3)c(=O)n2C1c1ccc(OC)c(OC)c1. The molecule has 4 aromatic rings. The van der Waals surface area contributed by atoms with Crippen molar-refractivity contribution in [3.63, 3.8) is 0 Å². The summed E-state index contributed by atoms with van der Waals surface area (Å²) in [5.41, 5.74) is 1.87. The standard InChI is InChI=1S/C32H28N2O6S/c1-5-16-39-31(36)28-20(2)33-32-34(29(28)22-14-15-25(37-3)26(19-22)38-4)30(35)27(41-32)18-21-10-9-13-24(17-21)40-23-11-7-6-8-12-23/h5-15,17-19,29H,1,16H2,2-4H3/b27-18+. The first-order valence-corrected chi connectivity index (χ1v) is 13.6. The molecule has 0 bridgehead atoms. The second-order valence-corrected chi connectivity index (χ2v) is 10.1.